The van der Waals surface area contributed by atoms with Crippen molar-refractivity contribution < 1.29 is 9.47 Å². The lowest BCUT2D eigenvalue weighted by atomic mass is 9.98. The van der Waals surface area contributed by atoms with Crippen LogP contribution in [0.3, 0.4) is 0 Å². The van der Waals surface area contributed by atoms with Gasteiger partial charge in [-0.3, -0.25) is 4.99 Å². The number of guanidine groups is 1. The first-order valence-electron chi connectivity index (χ1n) is 10.0. The highest BCUT2D eigenvalue weighted by atomic mass is 16.5. The number of hydrogen-bond donors (Lipinski definition) is 2. The van der Waals surface area contributed by atoms with E-state index in [4.69, 9.17) is 9.47 Å². The fourth-order valence-corrected chi connectivity index (χ4v) is 3.34. The summed E-state index contributed by atoms with van der Waals surface area (Å²) in [4.78, 5) is 4.28. The first kappa shape index (κ1) is 20.6. The number of nitrogens with zero attached hydrogens (tertiary/aromatic N) is 1. The quantitative estimate of drug-likeness (QED) is 0.377. The molecule has 2 N–H and O–H groups in total. The molecular formula is C21H35N3O2. The number of aliphatic imine (C=N–C) groups is 1. The molecule has 0 aromatic heterocycles. The number of methoxy groups -OCH3 is 1. The lowest BCUT2D eigenvalue weighted by Gasteiger charge is -2.21. The fourth-order valence-electron chi connectivity index (χ4n) is 3.34. The Morgan fingerprint density at radius 2 is 1.88 bits per heavy atom. The van der Waals surface area contributed by atoms with Gasteiger partial charge < -0.3 is 20.1 Å². The summed E-state index contributed by atoms with van der Waals surface area (Å²) in [6, 6.07) is 8.03. The Labute approximate surface area is 158 Å². The molecule has 0 unspecified atom stereocenters. The molecule has 0 atom stereocenters. The van der Waals surface area contributed by atoms with Gasteiger partial charge in [-0.05, 0) is 38.2 Å². The molecule has 1 aromatic rings. The zero-order valence-corrected chi connectivity index (χ0v) is 16.4. The SMILES string of the molecule is CN=C(NCCCCCOC1CCCCC1)NCc1ccccc1OC. The molecule has 0 radical (unpaired) electrons. The summed E-state index contributed by atoms with van der Waals surface area (Å²) < 4.78 is 11.4. The van der Waals surface area contributed by atoms with Crippen molar-refractivity contribution in [1.82, 2.24) is 10.6 Å². The minimum absolute atomic E-state index is 0.528. The Hall–Kier alpha value is -1.75. The maximum atomic E-state index is 5.97. The highest BCUT2D eigenvalue weighted by Gasteiger charge is 2.12. The van der Waals surface area contributed by atoms with Crippen LogP contribution in [0, 0.1) is 0 Å². The Morgan fingerprint density at radius 1 is 1.08 bits per heavy atom. The standard InChI is InChI=1S/C21H35N3O2/c1-22-21(24-17-18-11-7-8-14-20(18)25-2)23-15-9-4-10-16-26-19-12-5-3-6-13-19/h7-8,11,14,19H,3-6,9-10,12-13,15-17H2,1-2H3,(H2,22,23,24). The maximum Gasteiger partial charge on any atom is 0.191 e. The molecule has 0 spiro atoms. The highest BCUT2D eigenvalue weighted by Crippen LogP contribution is 2.20. The van der Waals surface area contributed by atoms with Crippen molar-refractivity contribution in [2.75, 3.05) is 27.3 Å². The molecule has 1 aromatic carbocycles. The molecule has 0 amide bonds. The van der Waals surface area contributed by atoms with Gasteiger partial charge in [0.25, 0.3) is 0 Å². The van der Waals surface area contributed by atoms with E-state index in [1.807, 2.05) is 18.2 Å². The lowest BCUT2D eigenvalue weighted by molar-refractivity contribution is 0.0264. The second-order valence-corrected chi connectivity index (χ2v) is 6.86. The van der Waals surface area contributed by atoms with Crippen LogP contribution in [0.2, 0.25) is 0 Å². The average Bonchev–Trinajstić information content (AvgIpc) is 2.70. The topological polar surface area (TPSA) is 54.9 Å². The molecule has 1 fully saturated rings. The van der Waals surface area contributed by atoms with Crippen molar-refractivity contribution in [2.24, 2.45) is 4.99 Å². The average molecular weight is 362 g/mol. The first-order chi connectivity index (χ1) is 12.8. The van der Waals surface area contributed by atoms with Gasteiger partial charge in [-0.1, -0.05) is 37.5 Å². The van der Waals surface area contributed by atoms with Crippen LogP contribution in [-0.2, 0) is 11.3 Å². The normalized spacial score (nSPS) is 15.7. The highest BCUT2D eigenvalue weighted by molar-refractivity contribution is 5.79. The second kappa shape index (κ2) is 12.6. The third kappa shape index (κ3) is 7.65. The van der Waals surface area contributed by atoms with E-state index < -0.39 is 0 Å². The van der Waals surface area contributed by atoms with Crippen LogP contribution in [0.25, 0.3) is 0 Å². The van der Waals surface area contributed by atoms with Gasteiger partial charge in [0.05, 0.1) is 13.2 Å². The molecule has 5 nitrogen and oxygen atoms in total. The summed E-state index contributed by atoms with van der Waals surface area (Å²) in [5, 5.41) is 6.71. The van der Waals surface area contributed by atoms with Crippen LogP contribution in [0.1, 0.15) is 56.9 Å². The number of rotatable bonds is 10. The summed E-state index contributed by atoms with van der Waals surface area (Å²) in [7, 11) is 3.50. The molecule has 0 aliphatic heterocycles. The number of benzene rings is 1. The van der Waals surface area contributed by atoms with Crippen LogP contribution in [-0.4, -0.2) is 39.4 Å². The lowest BCUT2D eigenvalue weighted by Crippen LogP contribution is -2.37. The largest absolute Gasteiger partial charge is 0.496 e. The van der Waals surface area contributed by atoms with Crippen LogP contribution >= 0.6 is 0 Å². The minimum atomic E-state index is 0.528. The van der Waals surface area contributed by atoms with Crippen LogP contribution in [0.4, 0.5) is 0 Å². The van der Waals surface area contributed by atoms with Crippen molar-refractivity contribution in [2.45, 2.75) is 64.0 Å². The molecule has 0 heterocycles. The molecule has 2 rings (SSSR count). The van der Waals surface area contributed by atoms with E-state index in [9.17, 15) is 0 Å². The molecule has 5 heteroatoms. The zero-order chi connectivity index (χ0) is 18.5. The third-order valence-electron chi connectivity index (χ3n) is 4.88. The molecule has 1 saturated carbocycles. The van der Waals surface area contributed by atoms with E-state index in [0.717, 1.165) is 43.3 Å². The van der Waals surface area contributed by atoms with E-state index >= 15 is 0 Å². The van der Waals surface area contributed by atoms with Gasteiger partial charge in [0, 0.05) is 32.3 Å². The Bertz CT molecular complexity index is 528. The van der Waals surface area contributed by atoms with Gasteiger partial charge in [0.1, 0.15) is 5.75 Å². The Kier molecular flexibility index (Phi) is 9.95. The van der Waals surface area contributed by atoms with Crippen molar-refractivity contribution in [1.29, 1.82) is 0 Å². The summed E-state index contributed by atoms with van der Waals surface area (Å²) in [6.45, 7) is 2.53. The molecular weight excluding hydrogens is 326 g/mol. The van der Waals surface area contributed by atoms with E-state index in [1.54, 1.807) is 14.2 Å². The monoisotopic (exact) mass is 361 g/mol. The number of para-hydroxylation sites is 1. The van der Waals surface area contributed by atoms with Crippen molar-refractivity contribution >= 4 is 5.96 Å². The number of nitrogens with one attached hydrogen (secondary N) is 2. The number of ether oxygens (including phenoxy) is 2. The molecule has 1 aliphatic carbocycles. The van der Waals surface area contributed by atoms with Gasteiger partial charge in [0.15, 0.2) is 5.96 Å². The van der Waals surface area contributed by atoms with Crippen molar-refractivity contribution in [3.63, 3.8) is 0 Å². The number of unbranched alkanes of at least 4 members (excludes halogenated alkanes) is 2. The maximum absolute atomic E-state index is 5.97. The van der Waals surface area contributed by atoms with Crippen LogP contribution in [0.5, 0.6) is 5.75 Å². The predicted octanol–water partition coefficient (Wildman–Crippen LogP) is 3.88. The molecule has 146 valence electrons. The summed E-state index contributed by atoms with van der Waals surface area (Å²) in [5.74, 6) is 1.72. The van der Waals surface area contributed by atoms with Gasteiger partial charge in [0.2, 0.25) is 0 Å². The Balaban J connectivity index is 1.53. The summed E-state index contributed by atoms with van der Waals surface area (Å²) in [5.41, 5.74) is 1.12. The molecule has 0 bridgehead atoms. The molecule has 0 saturated heterocycles. The van der Waals surface area contributed by atoms with Gasteiger partial charge >= 0.3 is 0 Å². The zero-order valence-electron chi connectivity index (χ0n) is 16.4. The molecule has 1 aliphatic rings. The number of hydrogen-bond acceptors (Lipinski definition) is 3. The minimum Gasteiger partial charge on any atom is -0.496 e. The predicted molar refractivity (Wildman–Crippen MR) is 108 cm³/mol. The van der Waals surface area contributed by atoms with E-state index in [0.29, 0.717) is 12.6 Å². The first-order valence-corrected chi connectivity index (χ1v) is 10.0. The van der Waals surface area contributed by atoms with Crippen molar-refractivity contribution in [3.8, 4) is 5.75 Å². The van der Waals surface area contributed by atoms with Crippen molar-refractivity contribution in [3.05, 3.63) is 29.8 Å². The fraction of sp³-hybridized carbons (Fsp3) is 0.667. The van der Waals surface area contributed by atoms with E-state index in [-0.39, 0.29) is 0 Å². The van der Waals surface area contributed by atoms with E-state index in [1.165, 1.54) is 38.5 Å². The summed E-state index contributed by atoms with van der Waals surface area (Å²) >= 11 is 0. The molecule has 26 heavy (non-hydrogen) atoms. The second-order valence-electron chi connectivity index (χ2n) is 6.86. The van der Waals surface area contributed by atoms with E-state index in [2.05, 4.69) is 21.7 Å². The Morgan fingerprint density at radius 3 is 2.65 bits per heavy atom. The van der Waals surface area contributed by atoms with Gasteiger partial charge in [-0.2, -0.15) is 0 Å². The van der Waals surface area contributed by atoms with Crippen LogP contribution in [0.15, 0.2) is 29.3 Å². The van der Waals surface area contributed by atoms with Gasteiger partial charge in [-0.15, -0.1) is 0 Å². The summed E-state index contributed by atoms with van der Waals surface area (Å²) in [6.07, 6.45) is 10.6. The smallest absolute Gasteiger partial charge is 0.191 e. The van der Waals surface area contributed by atoms with Crippen LogP contribution < -0.4 is 15.4 Å². The van der Waals surface area contributed by atoms with Gasteiger partial charge in [-0.25, -0.2) is 0 Å². The third-order valence-corrected chi connectivity index (χ3v) is 4.88.